The van der Waals surface area contributed by atoms with Crippen LogP contribution in [0.4, 0.5) is 13.2 Å². The Kier molecular flexibility index (Phi) is 2.70. The highest BCUT2D eigenvalue weighted by Crippen LogP contribution is 2.27. The molecule has 0 bridgehead atoms. The van der Waals surface area contributed by atoms with Crippen LogP contribution in [0.5, 0.6) is 0 Å². The third-order valence-corrected chi connectivity index (χ3v) is 2.18. The predicted molar refractivity (Wildman–Crippen MR) is 49.1 cm³/mol. The third-order valence-electron chi connectivity index (χ3n) is 2.18. The molecular weight excluding hydrogens is 221 g/mol. The Morgan fingerprint density at radius 1 is 1.12 bits per heavy atom. The molecule has 2 nitrogen and oxygen atoms in total. The van der Waals surface area contributed by atoms with Crippen molar-refractivity contribution < 1.29 is 22.7 Å². The molecule has 1 aromatic heterocycles. The zero-order valence-electron chi connectivity index (χ0n) is 7.95. The molecular formula is C11H7F3O2. The summed E-state index contributed by atoms with van der Waals surface area (Å²) in [4.78, 5) is 0. The first-order valence-corrected chi connectivity index (χ1v) is 4.44. The third kappa shape index (κ3) is 1.81. The normalized spacial score (nSPS) is 12.8. The lowest BCUT2D eigenvalue weighted by atomic mass is 10.0. The summed E-state index contributed by atoms with van der Waals surface area (Å²) in [5, 5.41) is 9.67. The van der Waals surface area contributed by atoms with E-state index in [0.29, 0.717) is 12.1 Å². The van der Waals surface area contributed by atoms with Gasteiger partial charge in [-0.3, -0.25) is 0 Å². The molecule has 84 valence electrons. The van der Waals surface area contributed by atoms with E-state index in [2.05, 4.69) is 4.42 Å². The molecule has 0 fully saturated rings. The number of benzene rings is 1. The van der Waals surface area contributed by atoms with Gasteiger partial charge in [-0.15, -0.1) is 0 Å². The lowest BCUT2D eigenvalue weighted by molar-refractivity contribution is 0.207. The maximum atomic E-state index is 13.3. The second-order valence-corrected chi connectivity index (χ2v) is 3.24. The largest absolute Gasteiger partial charge is 0.472 e. The summed E-state index contributed by atoms with van der Waals surface area (Å²) in [5.74, 6) is -3.30. The van der Waals surface area contributed by atoms with Gasteiger partial charge in [-0.25, -0.2) is 13.2 Å². The number of halogens is 3. The van der Waals surface area contributed by atoms with Crippen LogP contribution in [0.1, 0.15) is 17.2 Å². The zero-order chi connectivity index (χ0) is 11.7. The molecule has 1 N–H and O–H groups in total. The molecule has 1 aromatic carbocycles. The van der Waals surface area contributed by atoms with E-state index in [-0.39, 0.29) is 5.56 Å². The first-order chi connectivity index (χ1) is 7.59. The van der Waals surface area contributed by atoms with Crippen LogP contribution in [-0.4, -0.2) is 5.11 Å². The van der Waals surface area contributed by atoms with Crippen molar-refractivity contribution in [3.8, 4) is 0 Å². The SMILES string of the molecule is OC(c1ccoc1)c1c(F)cc(F)cc1F. The van der Waals surface area contributed by atoms with E-state index in [1.165, 1.54) is 12.3 Å². The fourth-order valence-corrected chi connectivity index (χ4v) is 1.41. The van der Waals surface area contributed by atoms with Gasteiger partial charge < -0.3 is 9.52 Å². The predicted octanol–water partition coefficient (Wildman–Crippen LogP) is 2.78. The minimum Gasteiger partial charge on any atom is -0.472 e. The lowest BCUT2D eigenvalue weighted by Gasteiger charge is -2.10. The highest BCUT2D eigenvalue weighted by Gasteiger charge is 2.21. The van der Waals surface area contributed by atoms with E-state index < -0.39 is 29.1 Å². The first-order valence-electron chi connectivity index (χ1n) is 4.44. The average Bonchev–Trinajstić information content (AvgIpc) is 2.67. The van der Waals surface area contributed by atoms with E-state index in [4.69, 9.17) is 0 Å². The molecule has 1 atom stereocenters. The molecule has 0 saturated carbocycles. The van der Waals surface area contributed by atoms with E-state index >= 15 is 0 Å². The van der Waals surface area contributed by atoms with Crippen molar-refractivity contribution >= 4 is 0 Å². The number of hydrogen-bond acceptors (Lipinski definition) is 2. The van der Waals surface area contributed by atoms with E-state index in [1.807, 2.05) is 0 Å². The highest BCUT2D eigenvalue weighted by atomic mass is 19.1. The molecule has 0 aliphatic carbocycles. The molecule has 16 heavy (non-hydrogen) atoms. The summed E-state index contributed by atoms with van der Waals surface area (Å²) in [7, 11) is 0. The number of rotatable bonds is 2. The zero-order valence-corrected chi connectivity index (χ0v) is 7.95. The maximum absolute atomic E-state index is 13.3. The van der Waals surface area contributed by atoms with Gasteiger partial charge in [0, 0.05) is 17.7 Å². The Bertz CT molecular complexity index is 471. The Morgan fingerprint density at radius 2 is 1.75 bits per heavy atom. The minimum atomic E-state index is -1.51. The molecule has 0 aliphatic rings. The summed E-state index contributed by atoms with van der Waals surface area (Å²) in [6, 6.07) is 2.40. The van der Waals surface area contributed by atoms with Gasteiger partial charge in [-0.05, 0) is 6.07 Å². The second kappa shape index (κ2) is 4.02. The van der Waals surface area contributed by atoms with Crippen molar-refractivity contribution in [1.82, 2.24) is 0 Å². The molecule has 0 saturated heterocycles. The molecule has 0 radical (unpaired) electrons. The van der Waals surface area contributed by atoms with Crippen molar-refractivity contribution in [2.75, 3.05) is 0 Å². The Balaban J connectivity index is 2.48. The smallest absolute Gasteiger partial charge is 0.135 e. The van der Waals surface area contributed by atoms with Gasteiger partial charge in [0.05, 0.1) is 18.1 Å². The first kappa shape index (κ1) is 10.8. The number of aliphatic hydroxyl groups excluding tert-OH is 1. The number of furan rings is 1. The molecule has 5 heteroatoms. The van der Waals surface area contributed by atoms with Gasteiger partial charge in [-0.1, -0.05) is 0 Å². The van der Waals surface area contributed by atoms with Gasteiger partial charge in [0.25, 0.3) is 0 Å². The van der Waals surface area contributed by atoms with E-state index in [0.717, 1.165) is 6.26 Å². The summed E-state index contributed by atoms with van der Waals surface area (Å²) < 4.78 is 43.9. The van der Waals surface area contributed by atoms with Gasteiger partial charge in [-0.2, -0.15) is 0 Å². The molecule has 0 aliphatic heterocycles. The van der Waals surface area contributed by atoms with Crippen molar-refractivity contribution in [1.29, 1.82) is 0 Å². The summed E-state index contributed by atoms with van der Waals surface area (Å²) in [6.07, 6.45) is 0.907. The van der Waals surface area contributed by atoms with Crippen molar-refractivity contribution in [2.45, 2.75) is 6.10 Å². The van der Waals surface area contributed by atoms with Crippen LogP contribution in [0.3, 0.4) is 0 Å². The molecule has 1 unspecified atom stereocenters. The fraction of sp³-hybridized carbons (Fsp3) is 0.0909. The molecule has 2 rings (SSSR count). The van der Waals surface area contributed by atoms with Crippen LogP contribution >= 0.6 is 0 Å². The van der Waals surface area contributed by atoms with Gasteiger partial charge in [0.15, 0.2) is 0 Å². The molecule has 0 spiro atoms. The van der Waals surface area contributed by atoms with Crippen molar-refractivity contribution in [3.05, 3.63) is 59.3 Å². The standard InChI is InChI=1S/C11H7F3O2/c12-7-3-8(13)10(9(14)4-7)11(15)6-1-2-16-5-6/h1-5,11,15H. The Hall–Kier alpha value is -1.75. The van der Waals surface area contributed by atoms with E-state index in [9.17, 15) is 18.3 Å². The second-order valence-electron chi connectivity index (χ2n) is 3.24. The Labute approximate surface area is 88.9 Å². The van der Waals surface area contributed by atoms with E-state index in [1.54, 1.807) is 0 Å². The van der Waals surface area contributed by atoms with Crippen LogP contribution in [0.2, 0.25) is 0 Å². The number of hydrogen-bond donors (Lipinski definition) is 1. The van der Waals surface area contributed by atoms with Crippen molar-refractivity contribution in [3.63, 3.8) is 0 Å². The molecule has 1 heterocycles. The van der Waals surface area contributed by atoms with Crippen LogP contribution in [0.25, 0.3) is 0 Å². The topological polar surface area (TPSA) is 33.4 Å². The quantitative estimate of drug-likeness (QED) is 0.857. The monoisotopic (exact) mass is 228 g/mol. The van der Waals surface area contributed by atoms with Crippen LogP contribution in [0.15, 0.2) is 35.1 Å². The van der Waals surface area contributed by atoms with Crippen LogP contribution < -0.4 is 0 Å². The average molecular weight is 228 g/mol. The summed E-state index contributed by atoms with van der Waals surface area (Å²) >= 11 is 0. The summed E-state index contributed by atoms with van der Waals surface area (Å²) in [6.45, 7) is 0. The van der Waals surface area contributed by atoms with Crippen LogP contribution in [0, 0.1) is 17.5 Å². The number of aliphatic hydroxyl groups is 1. The fourth-order valence-electron chi connectivity index (χ4n) is 1.41. The van der Waals surface area contributed by atoms with Crippen molar-refractivity contribution in [2.24, 2.45) is 0 Å². The minimum absolute atomic E-state index is 0.199. The Morgan fingerprint density at radius 3 is 2.25 bits per heavy atom. The lowest BCUT2D eigenvalue weighted by Crippen LogP contribution is -2.05. The molecule has 2 aromatic rings. The maximum Gasteiger partial charge on any atom is 0.135 e. The van der Waals surface area contributed by atoms with Gasteiger partial charge in [0.1, 0.15) is 23.6 Å². The molecule has 0 amide bonds. The van der Waals surface area contributed by atoms with Gasteiger partial charge in [0.2, 0.25) is 0 Å². The van der Waals surface area contributed by atoms with Gasteiger partial charge >= 0.3 is 0 Å². The summed E-state index contributed by atoms with van der Waals surface area (Å²) in [5.41, 5.74) is -0.396. The highest BCUT2D eigenvalue weighted by molar-refractivity contribution is 5.30. The van der Waals surface area contributed by atoms with Crippen LogP contribution in [-0.2, 0) is 0 Å².